The molecule has 104 valence electrons. The maximum absolute atomic E-state index is 13.9. The van der Waals surface area contributed by atoms with Crippen LogP contribution < -0.4 is 0 Å². The molecule has 0 aromatic heterocycles. The Bertz CT molecular complexity index is 497. The Labute approximate surface area is 109 Å². The van der Waals surface area contributed by atoms with E-state index in [2.05, 4.69) is 9.47 Å². The molecule has 0 fully saturated rings. The van der Waals surface area contributed by atoms with E-state index in [1.54, 1.807) is 0 Å². The zero-order valence-electron chi connectivity index (χ0n) is 10.8. The van der Waals surface area contributed by atoms with E-state index in [-0.39, 0.29) is 17.7 Å². The van der Waals surface area contributed by atoms with Crippen LogP contribution in [0.1, 0.15) is 28.4 Å². The number of esters is 2. The van der Waals surface area contributed by atoms with Crippen LogP contribution in [-0.4, -0.2) is 25.7 Å². The first-order valence-electron chi connectivity index (χ1n) is 5.59. The average Bonchev–Trinajstić information content (AvgIpc) is 2.38. The van der Waals surface area contributed by atoms with Gasteiger partial charge >= 0.3 is 17.9 Å². The number of ether oxygens (including phenoxy) is 2. The van der Waals surface area contributed by atoms with Crippen molar-refractivity contribution >= 4 is 11.9 Å². The fourth-order valence-corrected chi connectivity index (χ4v) is 1.64. The Balaban J connectivity index is 3.28. The highest BCUT2D eigenvalue weighted by atomic mass is 19.3. The van der Waals surface area contributed by atoms with Crippen LogP contribution in [0.2, 0.25) is 0 Å². The van der Waals surface area contributed by atoms with Crippen molar-refractivity contribution in [2.45, 2.75) is 19.8 Å². The Hall–Kier alpha value is -1.98. The lowest BCUT2D eigenvalue weighted by atomic mass is 9.97. The first-order valence-corrected chi connectivity index (χ1v) is 5.59. The second-order valence-corrected chi connectivity index (χ2v) is 3.76. The Morgan fingerprint density at radius 1 is 1.32 bits per heavy atom. The van der Waals surface area contributed by atoms with E-state index >= 15 is 0 Å². The quantitative estimate of drug-likeness (QED) is 0.790. The van der Waals surface area contributed by atoms with E-state index in [4.69, 9.17) is 0 Å². The van der Waals surface area contributed by atoms with Crippen LogP contribution in [-0.2, 0) is 20.2 Å². The summed E-state index contributed by atoms with van der Waals surface area (Å²) in [6.07, 6.45) is 0. The topological polar surface area (TPSA) is 52.6 Å². The van der Waals surface area contributed by atoms with Crippen molar-refractivity contribution in [3.8, 4) is 0 Å². The van der Waals surface area contributed by atoms with Gasteiger partial charge in [0.25, 0.3) is 0 Å². The number of hydrogen-bond acceptors (Lipinski definition) is 4. The number of alkyl halides is 2. The van der Waals surface area contributed by atoms with Crippen molar-refractivity contribution in [3.63, 3.8) is 0 Å². The van der Waals surface area contributed by atoms with Gasteiger partial charge in [-0.3, -0.25) is 0 Å². The highest BCUT2D eigenvalue weighted by Gasteiger charge is 2.44. The summed E-state index contributed by atoms with van der Waals surface area (Å²) in [5.41, 5.74) is -0.578. The fourth-order valence-electron chi connectivity index (χ4n) is 1.64. The number of methoxy groups -OCH3 is 1. The van der Waals surface area contributed by atoms with Crippen LogP contribution in [0, 0.1) is 6.92 Å². The zero-order valence-corrected chi connectivity index (χ0v) is 10.8. The van der Waals surface area contributed by atoms with Gasteiger partial charge in [0.05, 0.1) is 19.3 Å². The maximum Gasteiger partial charge on any atom is 0.381 e. The first-order chi connectivity index (χ1) is 8.86. The Morgan fingerprint density at radius 2 is 1.95 bits per heavy atom. The molecule has 0 aliphatic rings. The van der Waals surface area contributed by atoms with Crippen LogP contribution in [0.5, 0.6) is 0 Å². The van der Waals surface area contributed by atoms with Crippen molar-refractivity contribution in [1.29, 1.82) is 0 Å². The molecule has 1 aromatic carbocycles. The number of rotatable bonds is 4. The van der Waals surface area contributed by atoms with Gasteiger partial charge in [-0.2, -0.15) is 8.78 Å². The van der Waals surface area contributed by atoms with Gasteiger partial charge in [0.2, 0.25) is 0 Å². The Morgan fingerprint density at radius 3 is 2.47 bits per heavy atom. The molecule has 0 saturated heterocycles. The van der Waals surface area contributed by atoms with Gasteiger partial charge in [-0.1, -0.05) is 12.1 Å². The molecular weight excluding hydrogens is 258 g/mol. The van der Waals surface area contributed by atoms with Gasteiger partial charge in [-0.15, -0.1) is 0 Å². The Kier molecular flexibility index (Phi) is 4.58. The van der Waals surface area contributed by atoms with Crippen LogP contribution >= 0.6 is 0 Å². The molecule has 0 aliphatic carbocycles. The minimum atomic E-state index is -3.80. The highest BCUT2D eigenvalue weighted by molar-refractivity contribution is 5.92. The predicted octanol–water partition coefficient (Wildman–Crippen LogP) is 2.44. The molecule has 0 heterocycles. The van der Waals surface area contributed by atoms with Gasteiger partial charge in [0, 0.05) is 5.56 Å². The van der Waals surface area contributed by atoms with Crippen molar-refractivity contribution in [3.05, 3.63) is 34.9 Å². The molecular formula is C13H14F2O4. The van der Waals surface area contributed by atoms with E-state index in [9.17, 15) is 18.4 Å². The molecule has 1 rings (SSSR count). The molecule has 1 aromatic rings. The second-order valence-electron chi connectivity index (χ2n) is 3.76. The fraction of sp³-hybridized carbons (Fsp3) is 0.385. The molecule has 4 nitrogen and oxygen atoms in total. The summed E-state index contributed by atoms with van der Waals surface area (Å²) in [5.74, 6) is -6.18. The molecule has 0 unspecified atom stereocenters. The molecule has 0 spiro atoms. The second kappa shape index (κ2) is 5.77. The zero-order chi connectivity index (χ0) is 14.6. The molecule has 19 heavy (non-hydrogen) atoms. The molecule has 0 N–H and O–H groups in total. The van der Waals surface area contributed by atoms with Gasteiger partial charge in [-0.25, -0.2) is 9.59 Å². The molecule has 0 radical (unpaired) electrons. The molecule has 6 heteroatoms. The molecule has 0 saturated carbocycles. The highest BCUT2D eigenvalue weighted by Crippen LogP contribution is 2.33. The van der Waals surface area contributed by atoms with Crippen LogP contribution in [0.4, 0.5) is 8.78 Å². The summed E-state index contributed by atoms with van der Waals surface area (Å²) in [7, 11) is 1.15. The van der Waals surface area contributed by atoms with Gasteiger partial charge in [0.15, 0.2) is 0 Å². The molecule has 0 bridgehead atoms. The third-order valence-electron chi connectivity index (χ3n) is 2.61. The molecule has 0 aliphatic heterocycles. The summed E-state index contributed by atoms with van der Waals surface area (Å²) in [4.78, 5) is 22.7. The number of halogens is 2. The van der Waals surface area contributed by atoms with E-state index < -0.39 is 23.4 Å². The van der Waals surface area contributed by atoms with E-state index in [1.165, 1.54) is 26.0 Å². The van der Waals surface area contributed by atoms with E-state index in [0.717, 1.165) is 13.2 Å². The lowest BCUT2D eigenvalue weighted by molar-refractivity contribution is -0.173. The lowest BCUT2D eigenvalue weighted by Crippen LogP contribution is -2.29. The van der Waals surface area contributed by atoms with E-state index in [0.29, 0.717) is 0 Å². The summed E-state index contributed by atoms with van der Waals surface area (Å²) in [5, 5.41) is 0. The van der Waals surface area contributed by atoms with Crippen LogP contribution in [0.15, 0.2) is 18.2 Å². The lowest BCUT2D eigenvalue weighted by Gasteiger charge is -2.18. The van der Waals surface area contributed by atoms with Crippen molar-refractivity contribution < 1.29 is 27.8 Å². The van der Waals surface area contributed by atoms with Crippen LogP contribution in [0.25, 0.3) is 0 Å². The number of hydrogen-bond donors (Lipinski definition) is 0. The van der Waals surface area contributed by atoms with E-state index in [1.807, 2.05) is 0 Å². The summed E-state index contributed by atoms with van der Waals surface area (Å²) in [6.45, 7) is 2.62. The smallest absolute Gasteiger partial charge is 0.381 e. The number of carbonyl (C=O) groups excluding carboxylic acids is 2. The first kappa shape index (κ1) is 15.1. The number of benzene rings is 1. The van der Waals surface area contributed by atoms with Gasteiger partial charge in [-0.05, 0) is 25.5 Å². The van der Waals surface area contributed by atoms with Crippen molar-refractivity contribution in [2.24, 2.45) is 0 Å². The summed E-state index contributed by atoms with van der Waals surface area (Å²) < 4.78 is 36.7. The minimum absolute atomic E-state index is 0.00703. The predicted molar refractivity (Wildman–Crippen MR) is 63.0 cm³/mol. The average molecular weight is 272 g/mol. The number of carbonyl (C=O) groups is 2. The van der Waals surface area contributed by atoms with Crippen molar-refractivity contribution in [2.75, 3.05) is 13.7 Å². The van der Waals surface area contributed by atoms with Gasteiger partial charge < -0.3 is 9.47 Å². The maximum atomic E-state index is 13.9. The monoisotopic (exact) mass is 272 g/mol. The third kappa shape index (κ3) is 2.89. The van der Waals surface area contributed by atoms with Gasteiger partial charge in [0.1, 0.15) is 0 Å². The largest absolute Gasteiger partial charge is 0.465 e. The minimum Gasteiger partial charge on any atom is -0.465 e. The van der Waals surface area contributed by atoms with Crippen molar-refractivity contribution in [1.82, 2.24) is 0 Å². The molecule has 0 amide bonds. The standard InChI is InChI=1S/C13H14F2O4/c1-4-19-12(17)13(14,15)10-7-5-6-9(8(10)2)11(16)18-3/h5-7H,4H2,1-3H3. The SMILES string of the molecule is CCOC(=O)C(F)(F)c1cccc(C(=O)OC)c1C. The molecule has 0 atom stereocenters. The third-order valence-corrected chi connectivity index (χ3v) is 2.61. The summed E-state index contributed by atoms with van der Waals surface area (Å²) >= 11 is 0. The summed E-state index contributed by atoms with van der Waals surface area (Å²) in [6, 6.07) is 3.70. The normalized spacial score (nSPS) is 11.0. The van der Waals surface area contributed by atoms with Crippen LogP contribution in [0.3, 0.4) is 0 Å².